The van der Waals surface area contributed by atoms with Gasteiger partial charge in [0.1, 0.15) is 12.4 Å². The lowest BCUT2D eigenvalue weighted by Crippen LogP contribution is -2.12. The monoisotopic (exact) mass is 383 g/mol. The van der Waals surface area contributed by atoms with Crippen LogP contribution in [0, 0.1) is 0 Å². The highest BCUT2D eigenvalue weighted by Crippen LogP contribution is 2.30. The standard InChI is InChI=1S/C21H25N3O2S/c1-16(2)27-21-23-22-20(24(21)13-14-25-3)15-26-19-12-8-7-11-18(19)17-9-5-4-6-10-17/h4-12,16H,13-15H2,1-3H3. The minimum Gasteiger partial charge on any atom is -0.485 e. The molecule has 0 fully saturated rings. The zero-order valence-corrected chi connectivity index (χ0v) is 16.8. The Bertz CT molecular complexity index is 850. The molecule has 0 amide bonds. The second kappa shape index (κ2) is 9.58. The van der Waals surface area contributed by atoms with Crippen LogP contribution in [0.2, 0.25) is 0 Å². The molecule has 5 nitrogen and oxygen atoms in total. The zero-order chi connectivity index (χ0) is 19.1. The number of para-hydroxylation sites is 1. The van der Waals surface area contributed by atoms with E-state index < -0.39 is 0 Å². The van der Waals surface area contributed by atoms with Gasteiger partial charge in [0.25, 0.3) is 0 Å². The van der Waals surface area contributed by atoms with Crippen molar-refractivity contribution in [2.45, 2.75) is 37.4 Å². The van der Waals surface area contributed by atoms with Gasteiger partial charge in [-0.1, -0.05) is 74.1 Å². The Kier molecular flexibility index (Phi) is 6.90. The van der Waals surface area contributed by atoms with Crippen molar-refractivity contribution in [3.05, 3.63) is 60.4 Å². The van der Waals surface area contributed by atoms with E-state index in [4.69, 9.17) is 9.47 Å². The Morgan fingerprint density at radius 3 is 2.48 bits per heavy atom. The van der Waals surface area contributed by atoms with Crippen molar-refractivity contribution in [2.24, 2.45) is 0 Å². The first-order valence-electron chi connectivity index (χ1n) is 9.04. The maximum absolute atomic E-state index is 6.14. The number of ether oxygens (including phenoxy) is 2. The smallest absolute Gasteiger partial charge is 0.191 e. The van der Waals surface area contributed by atoms with Crippen LogP contribution in [-0.2, 0) is 17.9 Å². The molecule has 142 valence electrons. The van der Waals surface area contributed by atoms with Crippen molar-refractivity contribution in [3.8, 4) is 16.9 Å². The van der Waals surface area contributed by atoms with Crippen LogP contribution in [0.5, 0.6) is 5.75 Å². The second-order valence-electron chi connectivity index (χ2n) is 6.36. The number of aromatic nitrogens is 3. The molecule has 1 heterocycles. The average molecular weight is 384 g/mol. The van der Waals surface area contributed by atoms with Gasteiger partial charge in [-0.2, -0.15) is 0 Å². The van der Waals surface area contributed by atoms with E-state index in [9.17, 15) is 0 Å². The molecule has 6 heteroatoms. The number of methoxy groups -OCH3 is 1. The molecule has 0 aliphatic carbocycles. The van der Waals surface area contributed by atoms with Crippen LogP contribution in [0.4, 0.5) is 0 Å². The summed E-state index contributed by atoms with van der Waals surface area (Å²) in [6.07, 6.45) is 0. The summed E-state index contributed by atoms with van der Waals surface area (Å²) in [4.78, 5) is 0. The largest absolute Gasteiger partial charge is 0.485 e. The summed E-state index contributed by atoms with van der Waals surface area (Å²) in [6, 6.07) is 18.3. The number of benzene rings is 2. The zero-order valence-electron chi connectivity index (χ0n) is 16.0. The van der Waals surface area contributed by atoms with E-state index in [1.54, 1.807) is 18.9 Å². The van der Waals surface area contributed by atoms with Gasteiger partial charge in [-0.25, -0.2) is 0 Å². The van der Waals surface area contributed by atoms with Gasteiger partial charge in [-0.3, -0.25) is 0 Å². The van der Waals surface area contributed by atoms with Crippen LogP contribution >= 0.6 is 11.8 Å². The molecule has 3 aromatic rings. The third-order valence-corrected chi connectivity index (χ3v) is 4.97. The maximum atomic E-state index is 6.14. The Balaban J connectivity index is 1.80. The average Bonchev–Trinajstić information content (AvgIpc) is 3.06. The van der Waals surface area contributed by atoms with E-state index in [-0.39, 0.29) is 0 Å². The maximum Gasteiger partial charge on any atom is 0.191 e. The summed E-state index contributed by atoms with van der Waals surface area (Å²) in [5.41, 5.74) is 2.20. The molecular weight excluding hydrogens is 358 g/mol. The van der Waals surface area contributed by atoms with Gasteiger partial charge in [0.05, 0.1) is 6.61 Å². The fraction of sp³-hybridized carbons (Fsp3) is 0.333. The van der Waals surface area contributed by atoms with Crippen molar-refractivity contribution in [3.63, 3.8) is 0 Å². The van der Waals surface area contributed by atoms with Crippen molar-refractivity contribution in [1.82, 2.24) is 14.8 Å². The van der Waals surface area contributed by atoms with Gasteiger partial charge < -0.3 is 14.0 Å². The summed E-state index contributed by atoms with van der Waals surface area (Å²) >= 11 is 1.70. The Labute approximate surface area is 164 Å². The van der Waals surface area contributed by atoms with Crippen LogP contribution in [0.1, 0.15) is 19.7 Å². The van der Waals surface area contributed by atoms with Crippen molar-refractivity contribution in [2.75, 3.05) is 13.7 Å². The lowest BCUT2D eigenvalue weighted by atomic mass is 10.1. The highest BCUT2D eigenvalue weighted by atomic mass is 32.2. The van der Waals surface area contributed by atoms with Gasteiger partial charge in [0.2, 0.25) is 0 Å². The minimum atomic E-state index is 0.360. The van der Waals surface area contributed by atoms with Crippen LogP contribution in [-0.4, -0.2) is 33.7 Å². The Hall–Kier alpha value is -2.31. The predicted octanol–water partition coefficient (Wildman–Crippen LogP) is 4.67. The number of hydrogen-bond donors (Lipinski definition) is 0. The van der Waals surface area contributed by atoms with E-state index >= 15 is 0 Å². The van der Waals surface area contributed by atoms with Crippen LogP contribution in [0.25, 0.3) is 11.1 Å². The highest BCUT2D eigenvalue weighted by Gasteiger charge is 2.15. The third-order valence-electron chi connectivity index (χ3n) is 3.98. The fourth-order valence-corrected chi connectivity index (χ4v) is 3.56. The van der Waals surface area contributed by atoms with Gasteiger partial charge >= 0.3 is 0 Å². The van der Waals surface area contributed by atoms with E-state index in [2.05, 4.69) is 46.8 Å². The molecule has 1 aromatic heterocycles. The Morgan fingerprint density at radius 1 is 1.00 bits per heavy atom. The van der Waals surface area contributed by atoms with E-state index in [0.29, 0.717) is 25.0 Å². The first-order chi connectivity index (χ1) is 13.2. The normalized spacial score (nSPS) is 11.1. The predicted molar refractivity (Wildman–Crippen MR) is 109 cm³/mol. The topological polar surface area (TPSA) is 49.2 Å². The van der Waals surface area contributed by atoms with E-state index in [1.807, 2.05) is 36.4 Å². The third kappa shape index (κ3) is 5.11. The SMILES string of the molecule is COCCn1c(COc2ccccc2-c2ccccc2)nnc1SC(C)C. The summed E-state index contributed by atoms with van der Waals surface area (Å²) in [7, 11) is 1.70. The number of hydrogen-bond acceptors (Lipinski definition) is 5. The highest BCUT2D eigenvalue weighted by molar-refractivity contribution is 7.99. The van der Waals surface area contributed by atoms with Crippen molar-refractivity contribution in [1.29, 1.82) is 0 Å². The molecule has 27 heavy (non-hydrogen) atoms. The van der Waals surface area contributed by atoms with Gasteiger partial charge in [-0.05, 0) is 11.6 Å². The summed E-state index contributed by atoms with van der Waals surface area (Å²) < 4.78 is 13.5. The molecule has 0 saturated heterocycles. The molecule has 0 bridgehead atoms. The molecule has 0 radical (unpaired) electrons. The molecule has 3 rings (SSSR count). The van der Waals surface area contributed by atoms with Crippen LogP contribution in [0.15, 0.2) is 59.8 Å². The summed E-state index contributed by atoms with van der Waals surface area (Å²) in [6.45, 7) is 5.96. The van der Waals surface area contributed by atoms with Gasteiger partial charge in [-0.15, -0.1) is 10.2 Å². The summed E-state index contributed by atoms with van der Waals surface area (Å²) in [5, 5.41) is 10.0. The molecule has 0 spiro atoms. The van der Waals surface area contributed by atoms with Gasteiger partial charge in [0, 0.05) is 24.5 Å². The minimum absolute atomic E-state index is 0.360. The molecule has 0 aliphatic heterocycles. The van der Waals surface area contributed by atoms with Crippen LogP contribution in [0.3, 0.4) is 0 Å². The Morgan fingerprint density at radius 2 is 1.74 bits per heavy atom. The fourth-order valence-electron chi connectivity index (χ4n) is 2.72. The molecule has 0 N–H and O–H groups in total. The second-order valence-corrected chi connectivity index (χ2v) is 7.90. The number of thioether (sulfide) groups is 1. The first-order valence-corrected chi connectivity index (χ1v) is 9.92. The van der Waals surface area contributed by atoms with Crippen LogP contribution < -0.4 is 4.74 Å². The van der Waals surface area contributed by atoms with E-state index in [0.717, 1.165) is 27.9 Å². The molecular formula is C21H25N3O2S. The molecule has 0 saturated carbocycles. The quantitative estimate of drug-likeness (QED) is 0.503. The first kappa shape index (κ1) is 19.5. The lowest BCUT2D eigenvalue weighted by Gasteiger charge is -2.13. The van der Waals surface area contributed by atoms with E-state index in [1.165, 1.54) is 0 Å². The van der Waals surface area contributed by atoms with Crippen molar-refractivity contribution >= 4 is 11.8 Å². The molecule has 0 unspecified atom stereocenters. The molecule has 0 aliphatic rings. The number of rotatable bonds is 9. The number of nitrogens with zero attached hydrogens (tertiary/aromatic N) is 3. The lowest BCUT2D eigenvalue weighted by molar-refractivity contribution is 0.181. The van der Waals surface area contributed by atoms with Gasteiger partial charge in [0.15, 0.2) is 11.0 Å². The molecule has 0 atom stereocenters. The van der Waals surface area contributed by atoms with Crippen molar-refractivity contribution < 1.29 is 9.47 Å². The molecule has 2 aromatic carbocycles. The summed E-state index contributed by atoms with van der Waals surface area (Å²) in [5.74, 6) is 1.64.